The summed E-state index contributed by atoms with van der Waals surface area (Å²) in [5, 5.41) is 3.12. The minimum absolute atomic E-state index is 0.0952. The Morgan fingerprint density at radius 3 is 2.70 bits per heavy atom. The van der Waals surface area contributed by atoms with E-state index in [-0.39, 0.29) is 11.6 Å². The van der Waals surface area contributed by atoms with Crippen molar-refractivity contribution >= 4 is 5.78 Å². The number of nitrogens with one attached hydrogen (secondary N) is 1. The molecule has 0 aliphatic carbocycles. The lowest BCUT2D eigenvalue weighted by atomic mass is 10.1. The second kappa shape index (κ2) is 6.61. The molecule has 1 aromatic carbocycles. The van der Waals surface area contributed by atoms with E-state index < -0.39 is 0 Å². The lowest BCUT2D eigenvalue weighted by Crippen LogP contribution is -2.12. The van der Waals surface area contributed by atoms with E-state index in [1.54, 1.807) is 30.5 Å². The van der Waals surface area contributed by atoms with Crippen LogP contribution in [0.3, 0.4) is 0 Å². The van der Waals surface area contributed by atoms with Crippen LogP contribution in [-0.4, -0.2) is 10.8 Å². The summed E-state index contributed by atoms with van der Waals surface area (Å²) in [7, 11) is 0. The first kappa shape index (κ1) is 13.9. The van der Waals surface area contributed by atoms with Gasteiger partial charge in [0.15, 0.2) is 5.78 Å². The zero-order chi connectivity index (χ0) is 14.4. The molecule has 0 amide bonds. The van der Waals surface area contributed by atoms with Crippen molar-refractivity contribution in [3.63, 3.8) is 0 Å². The van der Waals surface area contributed by atoms with Crippen molar-refractivity contribution < 1.29 is 9.18 Å². The van der Waals surface area contributed by atoms with Gasteiger partial charge in [-0.05, 0) is 36.8 Å². The Morgan fingerprint density at radius 1 is 1.30 bits per heavy atom. The van der Waals surface area contributed by atoms with E-state index in [4.69, 9.17) is 0 Å². The number of hydrogen-bond donors (Lipinski definition) is 1. The fourth-order valence-corrected chi connectivity index (χ4v) is 1.68. The highest BCUT2D eigenvalue weighted by atomic mass is 19.1. The van der Waals surface area contributed by atoms with E-state index in [0.717, 1.165) is 11.3 Å². The number of nitrogens with zero attached hydrogens (tertiary/aromatic N) is 1. The zero-order valence-corrected chi connectivity index (χ0v) is 11.1. The van der Waals surface area contributed by atoms with Crippen LogP contribution < -0.4 is 5.32 Å². The number of aromatic nitrogens is 1. The van der Waals surface area contributed by atoms with Crippen LogP contribution in [-0.2, 0) is 6.54 Å². The fourth-order valence-electron chi connectivity index (χ4n) is 1.68. The molecule has 0 saturated heterocycles. The molecule has 0 fully saturated rings. The molecule has 0 spiro atoms. The Labute approximate surface area is 117 Å². The first-order valence-corrected chi connectivity index (χ1v) is 6.26. The third-order valence-electron chi connectivity index (χ3n) is 2.78. The molecule has 0 saturated carbocycles. The molecule has 2 rings (SSSR count). The lowest BCUT2D eigenvalue weighted by Gasteiger charge is -2.06. The van der Waals surface area contributed by atoms with E-state index in [2.05, 4.69) is 10.3 Å². The van der Waals surface area contributed by atoms with Crippen molar-refractivity contribution in [1.82, 2.24) is 10.3 Å². The Balaban J connectivity index is 1.94. The van der Waals surface area contributed by atoms with E-state index in [0.29, 0.717) is 12.1 Å². The van der Waals surface area contributed by atoms with Crippen molar-refractivity contribution in [3.8, 4) is 0 Å². The molecule has 0 bridgehead atoms. The van der Waals surface area contributed by atoms with E-state index in [9.17, 15) is 9.18 Å². The SMILES string of the molecule is C/C(=C\C(=O)c1cccnc1)NCc1ccc(F)cc1. The predicted octanol–water partition coefficient (Wildman–Crippen LogP) is 3.10. The molecular weight excluding hydrogens is 255 g/mol. The predicted molar refractivity (Wildman–Crippen MR) is 75.6 cm³/mol. The Kier molecular flexibility index (Phi) is 4.60. The summed E-state index contributed by atoms with van der Waals surface area (Å²) in [4.78, 5) is 15.8. The first-order chi connectivity index (χ1) is 9.65. The van der Waals surface area contributed by atoms with Gasteiger partial charge >= 0.3 is 0 Å². The van der Waals surface area contributed by atoms with Crippen molar-refractivity contribution in [3.05, 3.63) is 77.5 Å². The maximum atomic E-state index is 12.8. The van der Waals surface area contributed by atoms with Crippen molar-refractivity contribution in [1.29, 1.82) is 0 Å². The van der Waals surface area contributed by atoms with Gasteiger partial charge in [0.1, 0.15) is 5.82 Å². The number of pyridine rings is 1. The van der Waals surface area contributed by atoms with Crippen LogP contribution in [0.5, 0.6) is 0 Å². The highest BCUT2D eigenvalue weighted by Crippen LogP contribution is 2.04. The topological polar surface area (TPSA) is 42.0 Å². The molecule has 3 nitrogen and oxygen atoms in total. The molecule has 0 aliphatic rings. The molecule has 2 aromatic rings. The van der Waals surface area contributed by atoms with Gasteiger partial charge in [-0.15, -0.1) is 0 Å². The van der Waals surface area contributed by atoms with Crippen LogP contribution in [0.15, 0.2) is 60.6 Å². The highest BCUT2D eigenvalue weighted by molar-refractivity contribution is 6.04. The zero-order valence-electron chi connectivity index (χ0n) is 11.1. The molecule has 4 heteroatoms. The molecule has 0 atom stereocenters. The summed E-state index contributed by atoms with van der Waals surface area (Å²) in [6, 6.07) is 9.69. The van der Waals surface area contributed by atoms with Crippen LogP contribution in [0.1, 0.15) is 22.8 Å². The van der Waals surface area contributed by atoms with Crippen molar-refractivity contribution in [2.75, 3.05) is 0 Å². The van der Waals surface area contributed by atoms with Gasteiger partial charge in [0.25, 0.3) is 0 Å². The molecule has 1 aromatic heterocycles. The van der Waals surface area contributed by atoms with Gasteiger partial charge in [0.05, 0.1) is 0 Å². The molecule has 1 heterocycles. The third-order valence-corrected chi connectivity index (χ3v) is 2.78. The number of halogens is 1. The van der Waals surface area contributed by atoms with E-state index >= 15 is 0 Å². The summed E-state index contributed by atoms with van der Waals surface area (Å²) in [5.41, 5.74) is 2.26. The van der Waals surface area contributed by atoms with Crippen LogP contribution in [0.2, 0.25) is 0 Å². The molecular formula is C16H15FN2O. The summed E-state index contributed by atoms with van der Waals surface area (Å²) in [5.74, 6) is -0.352. The van der Waals surface area contributed by atoms with Gasteiger partial charge in [0, 0.05) is 36.3 Å². The van der Waals surface area contributed by atoms with Gasteiger partial charge in [-0.25, -0.2) is 4.39 Å². The summed E-state index contributed by atoms with van der Waals surface area (Å²) >= 11 is 0. The average molecular weight is 270 g/mol. The average Bonchev–Trinajstić information content (AvgIpc) is 2.47. The van der Waals surface area contributed by atoms with Gasteiger partial charge in [-0.1, -0.05) is 12.1 Å². The summed E-state index contributed by atoms with van der Waals surface area (Å²) in [6.45, 7) is 2.36. The van der Waals surface area contributed by atoms with E-state index in [1.165, 1.54) is 24.4 Å². The minimum atomic E-state index is -0.257. The monoisotopic (exact) mass is 270 g/mol. The largest absolute Gasteiger partial charge is 0.384 e. The fraction of sp³-hybridized carbons (Fsp3) is 0.125. The number of benzene rings is 1. The Hall–Kier alpha value is -2.49. The highest BCUT2D eigenvalue weighted by Gasteiger charge is 2.02. The van der Waals surface area contributed by atoms with Crippen LogP contribution in [0, 0.1) is 5.82 Å². The van der Waals surface area contributed by atoms with Gasteiger partial charge in [0.2, 0.25) is 0 Å². The molecule has 1 N–H and O–H groups in total. The lowest BCUT2D eigenvalue weighted by molar-refractivity contribution is 0.104. The van der Waals surface area contributed by atoms with Crippen molar-refractivity contribution in [2.24, 2.45) is 0 Å². The normalized spacial score (nSPS) is 11.2. The number of hydrogen-bond acceptors (Lipinski definition) is 3. The summed E-state index contributed by atoms with van der Waals surface area (Å²) < 4.78 is 12.8. The van der Waals surface area contributed by atoms with Gasteiger partial charge < -0.3 is 5.32 Å². The van der Waals surface area contributed by atoms with Crippen LogP contribution in [0.25, 0.3) is 0 Å². The standard InChI is InChI=1S/C16H15FN2O/c1-12(9-16(20)14-3-2-8-18-11-14)19-10-13-4-6-15(17)7-5-13/h2-9,11,19H,10H2,1H3/b12-9+. The third kappa shape index (κ3) is 4.02. The first-order valence-electron chi connectivity index (χ1n) is 6.26. The van der Waals surface area contributed by atoms with Crippen LogP contribution >= 0.6 is 0 Å². The number of allylic oxidation sites excluding steroid dienone is 2. The Morgan fingerprint density at radius 2 is 2.05 bits per heavy atom. The molecule has 102 valence electrons. The van der Waals surface area contributed by atoms with Crippen molar-refractivity contribution in [2.45, 2.75) is 13.5 Å². The van der Waals surface area contributed by atoms with E-state index in [1.807, 2.05) is 6.92 Å². The summed E-state index contributed by atoms with van der Waals surface area (Å²) in [6.07, 6.45) is 4.69. The smallest absolute Gasteiger partial charge is 0.189 e. The second-order valence-corrected chi connectivity index (χ2v) is 4.41. The number of carbonyl (C=O) groups excluding carboxylic acids is 1. The molecule has 0 radical (unpaired) electrons. The molecule has 20 heavy (non-hydrogen) atoms. The quantitative estimate of drug-likeness (QED) is 0.670. The molecule has 0 unspecified atom stereocenters. The number of ketones is 1. The Bertz CT molecular complexity index is 606. The van der Waals surface area contributed by atoms with Gasteiger partial charge in [-0.2, -0.15) is 0 Å². The van der Waals surface area contributed by atoms with Gasteiger partial charge in [-0.3, -0.25) is 9.78 Å². The second-order valence-electron chi connectivity index (χ2n) is 4.41. The maximum absolute atomic E-state index is 12.8. The maximum Gasteiger partial charge on any atom is 0.189 e. The minimum Gasteiger partial charge on any atom is -0.384 e. The van der Waals surface area contributed by atoms with Crippen LogP contribution in [0.4, 0.5) is 4.39 Å². The number of carbonyl (C=O) groups is 1. The molecule has 0 aliphatic heterocycles. The number of rotatable bonds is 5.